The minimum atomic E-state index is 1.26. The summed E-state index contributed by atoms with van der Waals surface area (Å²) < 4.78 is 4.35. The maximum atomic E-state index is 2.30. The summed E-state index contributed by atoms with van der Waals surface area (Å²) in [6, 6.07) is 2.30. The van der Waals surface area contributed by atoms with Crippen LogP contribution in [0.4, 0.5) is 0 Å². The van der Waals surface area contributed by atoms with Gasteiger partial charge in [0.25, 0.3) is 5.82 Å². The van der Waals surface area contributed by atoms with E-state index < -0.39 is 0 Å². The monoisotopic (exact) mass is 229 g/mol. The molecule has 0 bridgehead atoms. The van der Waals surface area contributed by atoms with E-state index in [1.165, 1.54) is 33.6 Å². The Kier molecular flexibility index (Phi) is 2.82. The van der Waals surface area contributed by atoms with E-state index in [-0.39, 0.29) is 0 Å². The van der Waals surface area contributed by atoms with Gasteiger partial charge >= 0.3 is 0 Å². The fourth-order valence-electron chi connectivity index (χ4n) is 2.41. The molecule has 0 atom stereocenters. The summed E-state index contributed by atoms with van der Waals surface area (Å²) in [6.45, 7) is 8.81. The van der Waals surface area contributed by atoms with Crippen molar-refractivity contribution in [2.45, 2.75) is 27.7 Å². The van der Waals surface area contributed by atoms with E-state index in [0.29, 0.717) is 0 Å². The third-order valence-corrected chi connectivity index (χ3v) is 3.90. The van der Waals surface area contributed by atoms with Gasteiger partial charge in [-0.2, -0.15) is 0 Å². The molecular formula is C15H21N2+. The smallest absolute Gasteiger partial charge is 0.233 e. The predicted octanol–water partition coefficient (Wildman–Crippen LogP) is 2.75. The van der Waals surface area contributed by atoms with Crippen LogP contribution in [-0.4, -0.2) is 4.57 Å². The van der Waals surface area contributed by atoms with E-state index in [9.17, 15) is 0 Å². The average molecular weight is 229 g/mol. The van der Waals surface area contributed by atoms with Gasteiger partial charge in [0.2, 0.25) is 0 Å². The van der Waals surface area contributed by atoms with Crippen LogP contribution in [-0.2, 0) is 14.1 Å². The molecule has 17 heavy (non-hydrogen) atoms. The molecule has 2 heteroatoms. The van der Waals surface area contributed by atoms with Crippen LogP contribution in [0.25, 0.3) is 11.4 Å². The second kappa shape index (κ2) is 4.02. The van der Waals surface area contributed by atoms with Crippen molar-refractivity contribution in [3.05, 3.63) is 40.7 Å². The Hall–Kier alpha value is -1.57. The van der Waals surface area contributed by atoms with Crippen molar-refractivity contribution in [1.82, 2.24) is 4.57 Å². The van der Waals surface area contributed by atoms with E-state index >= 15 is 0 Å². The van der Waals surface area contributed by atoms with Crippen molar-refractivity contribution in [2.24, 2.45) is 14.1 Å². The zero-order valence-corrected chi connectivity index (χ0v) is 11.6. The highest BCUT2D eigenvalue weighted by Gasteiger charge is 2.19. The molecule has 0 unspecified atom stereocenters. The third kappa shape index (κ3) is 1.78. The van der Waals surface area contributed by atoms with E-state index in [1.54, 1.807) is 0 Å². The SMILES string of the molecule is Cc1cc(-c2n(C)cc[n+]2C)c(C)c(C)c1C. The van der Waals surface area contributed by atoms with Gasteiger partial charge in [-0.1, -0.05) is 0 Å². The van der Waals surface area contributed by atoms with Crippen LogP contribution in [0.1, 0.15) is 22.3 Å². The average Bonchev–Trinajstić information content (AvgIpc) is 2.61. The molecule has 0 N–H and O–H groups in total. The molecule has 2 rings (SSSR count). The van der Waals surface area contributed by atoms with Gasteiger partial charge in [0.15, 0.2) is 0 Å². The number of hydrogen-bond donors (Lipinski definition) is 0. The van der Waals surface area contributed by atoms with Crippen LogP contribution < -0.4 is 4.57 Å². The van der Waals surface area contributed by atoms with Gasteiger partial charge in [0.05, 0.1) is 19.7 Å². The standard InChI is InChI=1S/C15H21N2/c1-10-9-14(13(4)12(3)11(10)2)15-16(5)7-8-17(15)6/h7-9H,1-6H3/q+1. The lowest BCUT2D eigenvalue weighted by molar-refractivity contribution is -0.659. The molecule has 0 amide bonds. The number of benzene rings is 1. The first kappa shape index (κ1) is 11.9. The summed E-state index contributed by atoms with van der Waals surface area (Å²) in [7, 11) is 4.19. The largest absolute Gasteiger partial charge is 0.288 e. The van der Waals surface area contributed by atoms with Gasteiger partial charge in [0.1, 0.15) is 12.4 Å². The van der Waals surface area contributed by atoms with Crippen molar-refractivity contribution in [3.8, 4) is 11.4 Å². The van der Waals surface area contributed by atoms with Crippen LogP contribution >= 0.6 is 0 Å². The molecule has 0 aliphatic rings. The van der Waals surface area contributed by atoms with Crippen molar-refractivity contribution in [3.63, 3.8) is 0 Å². The summed E-state index contributed by atoms with van der Waals surface area (Å²) in [5.41, 5.74) is 6.89. The zero-order chi connectivity index (χ0) is 12.7. The highest BCUT2D eigenvalue weighted by atomic mass is 15.1. The van der Waals surface area contributed by atoms with Gasteiger partial charge < -0.3 is 0 Å². The Balaban J connectivity index is 2.77. The lowest BCUT2D eigenvalue weighted by atomic mass is 9.94. The molecule has 0 aliphatic heterocycles. The minimum absolute atomic E-state index is 1.26. The molecule has 90 valence electrons. The second-order valence-electron chi connectivity index (χ2n) is 4.96. The first-order chi connectivity index (χ1) is 7.93. The number of hydrogen-bond acceptors (Lipinski definition) is 0. The molecule has 0 aliphatic carbocycles. The topological polar surface area (TPSA) is 8.81 Å². The summed E-state index contributed by atoms with van der Waals surface area (Å²) in [5.74, 6) is 1.26. The first-order valence-electron chi connectivity index (χ1n) is 6.02. The maximum Gasteiger partial charge on any atom is 0.288 e. The van der Waals surface area contributed by atoms with Crippen molar-refractivity contribution < 1.29 is 4.57 Å². The number of aryl methyl sites for hydroxylation is 3. The highest BCUT2D eigenvalue weighted by Crippen LogP contribution is 2.27. The summed E-state index contributed by atoms with van der Waals surface area (Å²) in [5, 5.41) is 0. The highest BCUT2D eigenvalue weighted by molar-refractivity contribution is 5.63. The van der Waals surface area contributed by atoms with E-state index in [1.807, 2.05) is 0 Å². The molecule has 1 aromatic carbocycles. The summed E-state index contributed by atoms with van der Waals surface area (Å²) >= 11 is 0. The van der Waals surface area contributed by atoms with Gasteiger partial charge in [-0.25, -0.2) is 9.13 Å². The van der Waals surface area contributed by atoms with Crippen molar-refractivity contribution in [1.29, 1.82) is 0 Å². The summed E-state index contributed by atoms with van der Waals surface area (Å²) in [6.07, 6.45) is 4.19. The van der Waals surface area contributed by atoms with E-state index in [2.05, 4.69) is 69.4 Å². The molecule has 2 aromatic rings. The van der Waals surface area contributed by atoms with Gasteiger partial charge in [0, 0.05) is 0 Å². The number of nitrogens with zero attached hydrogens (tertiary/aromatic N) is 2. The van der Waals surface area contributed by atoms with Crippen LogP contribution in [0, 0.1) is 27.7 Å². The summed E-state index contributed by atoms with van der Waals surface area (Å²) in [4.78, 5) is 0. The predicted molar refractivity (Wildman–Crippen MR) is 71.0 cm³/mol. The van der Waals surface area contributed by atoms with Gasteiger partial charge in [-0.05, 0) is 56.0 Å². The number of imidazole rings is 1. The molecule has 0 radical (unpaired) electrons. The first-order valence-corrected chi connectivity index (χ1v) is 6.02. The lowest BCUT2D eigenvalue weighted by Gasteiger charge is -2.12. The van der Waals surface area contributed by atoms with Gasteiger partial charge in [-0.15, -0.1) is 0 Å². The van der Waals surface area contributed by atoms with Crippen LogP contribution in [0.5, 0.6) is 0 Å². The quantitative estimate of drug-likeness (QED) is 0.665. The van der Waals surface area contributed by atoms with Crippen molar-refractivity contribution in [2.75, 3.05) is 0 Å². The molecule has 0 saturated heterocycles. The third-order valence-electron chi connectivity index (χ3n) is 3.90. The molecule has 0 fully saturated rings. The molecule has 0 saturated carbocycles. The van der Waals surface area contributed by atoms with Crippen LogP contribution in [0.2, 0.25) is 0 Å². The zero-order valence-electron chi connectivity index (χ0n) is 11.6. The Labute approximate surface area is 104 Å². The molecule has 1 heterocycles. The lowest BCUT2D eigenvalue weighted by Crippen LogP contribution is -2.29. The number of aromatic nitrogens is 2. The van der Waals surface area contributed by atoms with Crippen molar-refractivity contribution >= 4 is 0 Å². The minimum Gasteiger partial charge on any atom is -0.233 e. The maximum absolute atomic E-state index is 2.30. The van der Waals surface area contributed by atoms with Crippen LogP contribution in [0.15, 0.2) is 18.5 Å². The normalized spacial score (nSPS) is 10.9. The van der Waals surface area contributed by atoms with Gasteiger partial charge in [-0.3, -0.25) is 0 Å². The fourth-order valence-corrected chi connectivity index (χ4v) is 2.41. The Morgan fingerprint density at radius 1 is 1.00 bits per heavy atom. The molecule has 0 spiro atoms. The van der Waals surface area contributed by atoms with E-state index in [0.717, 1.165) is 0 Å². The molecular weight excluding hydrogens is 208 g/mol. The Morgan fingerprint density at radius 2 is 1.65 bits per heavy atom. The second-order valence-corrected chi connectivity index (χ2v) is 4.96. The molecule has 2 nitrogen and oxygen atoms in total. The Bertz CT molecular complexity index is 558. The number of rotatable bonds is 1. The fraction of sp³-hybridized carbons (Fsp3) is 0.400. The van der Waals surface area contributed by atoms with E-state index in [4.69, 9.17) is 0 Å². The molecule has 1 aromatic heterocycles. The van der Waals surface area contributed by atoms with Crippen LogP contribution in [0.3, 0.4) is 0 Å². The Morgan fingerprint density at radius 3 is 2.18 bits per heavy atom.